The fourth-order valence-corrected chi connectivity index (χ4v) is 5.99. The lowest BCUT2D eigenvalue weighted by molar-refractivity contribution is -0.119. The Morgan fingerprint density at radius 1 is 1.16 bits per heavy atom. The number of anilines is 1. The molecule has 0 radical (unpaired) electrons. The minimum Gasteiger partial charge on any atom is -0.497 e. The number of amides is 1. The molecule has 1 aliphatic carbocycles. The van der Waals surface area contributed by atoms with Gasteiger partial charge in [-0.15, -0.1) is 0 Å². The van der Waals surface area contributed by atoms with Crippen molar-refractivity contribution in [3.8, 4) is 11.5 Å². The van der Waals surface area contributed by atoms with Crippen molar-refractivity contribution in [2.45, 2.75) is 70.6 Å². The Kier molecular flexibility index (Phi) is 10.3. The Morgan fingerprint density at radius 2 is 1.97 bits per heavy atom. The molecule has 4 rings (SSSR count). The first kappa shape index (κ1) is 28.2. The van der Waals surface area contributed by atoms with Gasteiger partial charge in [-0.1, -0.05) is 18.2 Å². The van der Waals surface area contributed by atoms with Gasteiger partial charge in [0, 0.05) is 39.1 Å². The fourth-order valence-electron chi connectivity index (χ4n) is 5.99. The zero-order valence-corrected chi connectivity index (χ0v) is 23.4. The van der Waals surface area contributed by atoms with Crippen molar-refractivity contribution < 1.29 is 23.7 Å². The van der Waals surface area contributed by atoms with Crippen LogP contribution >= 0.6 is 0 Å². The van der Waals surface area contributed by atoms with E-state index >= 15 is 0 Å². The molecule has 1 saturated carbocycles. The summed E-state index contributed by atoms with van der Waals surface area (Å²) in [6, 6.07) is 15.0. The summed E-state index contributed by atoms with van der Waals surface area (Å²) in [7, 11) is 3.45. The lowest BCUT2D eigenvalue weighted by Gasteiger charge is -2.37. The lowest BCUT2D eigenvalue weighted by atomic mass is 9.74. The second-order valence-corrected chi connectivity index (χ2v) is 10.7. The first-order valence-corrected chi connectivity index (χ1v) is 14.0. The molecule has 1 fully saturated rings. The molecule has 2 aromatic carbocycles. The molecule has 7 heteroatoms. The number of hydrogen-bond acceptors (Lipinski definition) is 6. The van der Waals surface area contributed by atoms with Crippen LogP contribution in [0.3, 0.4) is 0 Å². The smallest absolute Gasteiger partial charge is 0.217 e. The van der Waals surface area contributed by atoms with E-state index in [9.17, 15) is 4.79 Å². The van der Waals surface area contributed by atoms with Crippen molar-refractivity contribution >= 4 is 11.6 Å². The number of ether oxygens (including phenoxy) is 4. The molecular formula is C31H44N2O5. The molecule has 7 nitrogen and oxygen atoms in total. The van der Waals surface area contributed by atoms with Gasteiger partial charge in [0.2, 0.25) is 5.91 Å². The summed E-state index contributed by atoms with van der Waals surface area (Å²) in [5.41, 5.74) is 3.60. The Bertz CT molecular complexity index is 1030. The van der Waals surface area contributed by atoms with Crippen LogP contribution in [0.4, 0.5) is 5.69 Å². The van der Waals surface area contributed by atoms with Crippen LogP contribution in [0.25, 0.3) is 0 Å². The second kappa shape index (κ2) is 13.9. The third-order valence-electron chi connectivity index (χ3n) is 7.80. The first-order chi connectivity index (χ1) is 18.5. The molecule has 1 amide bonds. The van der Waals surface area contributed by atoms with Crippen LogP contribution < -0.4 is 19.7 Å². The largest absolute Gasteiger partial charge is 0.497 e. The molecular weight excluding hydrogens is 480 g/mol. The molecule has 4 atom stereocenters. The first-order valence-electron chi connectivity index (χ1n) is 14.0. The third-order valence-corrected chi connectivity index (χ3v) is 7.80. The monoisotopic (exact) mass is 524 g/mol. The minimum atomic E-state index is 0.0361. The molecule has 0 saturated heterocycles. The molecule has 0 aromatic heterocycles. The summed E-state index contributed by atoms with van der Waals surface area (Å²) < 4.78 is 23.2. The highest BCUT2D eigenvalue weighted by molar-refractivity contribution is 5.73. The Labute approximate surface area is 227 Å². The molecule has 1 heterocycles. The molecule has 1 aliphatic heterocycles. The third kappa shape index (κ3) is 7.64. The van der Waals surface area contributed by atoms with Crippen molar-refractivity contribution in [2.75, 3.05) is 45.4 Å². The van der Waals surface area contributed by atoms with E-state index in [4.69, 9.17) is 18.9 Å². The van der Waals surface area contributed by atoms with Crippen LogP contribution in [0.1, 0.15) is 63.0 Å². The number of nitrogens with one attached hydrogen (secondary N) is 1. The Morgan fingerprint density at radius 3 is 2.71 bits per heavy atom. The van der Waals surface area contributed by atoms with Gasteiger partial charge in [-0.25, -0.2) is 0 Å². The maximum absolute atomic E-state index is 11.5. The summed E-state index contributed by atoms with van der Waals surface area (Å²) >= 11 is 0. The van der Waals surface area contributed by atoms with Gasteiger partial charge < -0.3 is 29.2 Å². The van der Waals surface area contributed by atoms with Crippen LogP contribution in [0.2, 0.25) is 0 Å². The molecule has 0 bridgehead atoms. The van der Waals surface area contributed by atoms with E-state index < -0.39 is 0 Å². The van der Waals surface area contributed by atoms with E-state index in [-0.39, 0.29) is 18.1 Å². The summed E-state index contributed by atoms with van der Waals surface area (Å²) in [5, 5.41) is 3.05. The van der Waals surface area contributed by atoms with E-state index in [0.717, 1.165) is 69.0 Å². The van der Waals surface area contributed by atoms with E-state index in [2.05, 4.69) is 47.5 Å². The van der Waals surface area contributed by atoms with E-state index in [1.54, 1.807) is 21.1 Å². The standard InChI is InChI=1S/C31H44N2O5/c1-22(32-23(2)34)18-24-6-12-30(28(19-24)26-8-10-27(36-4)11-9-26)38-21-25-7-13-31-29(20-25)33(15-17-37-31)14-5-16-35-3/h7-11,13,20,22,24,28,30H,5-6,12,14-19,21H2,1-4H3,(H,32,34)/t22-,24+,28-,30+/m1/s1. The highest BCUT2D eigenvalue weighted by Crippen LogP contribution is 2.41. The van der Waals surface area contributed by atoms with Gasteiger partial charge in [-0.05, 0) is 80.3 Å². The van der Waals surface area contributed by atoms with Crippen LogP contribution in [0, 0.1) is 5.92 Å². The number of hydrogen-bond donors (Lipinski definition) is 1. The molecule has 0 spiro atoms. The van der Waals surface area contributed by atoms with Crippen molar-refractivity contribution in [1.82, 2.24) is 5.32 Å². The van der Waals surface area contributed by atoms with Crippen molar-refractivity contribution in [1.29, 1.82) is 0 Å². The zero-order chi connectivity index (χ0) is 26.9. The van der Waals surface area contributed by atoms with Gasteiger partial charge in [0.15, 0.2) is 0 Å². The second-order valence-electron chi connectivity index (χ2n) is 10.7. The Balaban J connectivity index is 1.44. The predicted molar refractivity (Wildman–Crippen MR) is 150 cm³/mol. The highest BCUT2D eigenvalue weighted by Gasteiger charge is 2.33. The summed E-state index contributed by atoms with van der Waals surface area (Å²) in [6.07, 6.45) is 5.28. The Hall–Kier alpha value is -2.77. The number of benzene rings is 2. The summed E-state index contributed by atoms with van der Waals surface area (Å²) in [5.74, 6) is 2.70. The van der Waals surface area contributed by atoms with Gasteiger partial charge in [0.05, 0.1) is 32.1 Å². The SMILES string of the molecule is COCCCN1CCOc2ccc(CO[C@H]3CC[C@@H](C[C@@H](C)NC(C)=O)C[C@@H]3c3ccc(OC)cc3)cc21. The molecule has 208 valence electrons. The molecule has 2 aliphatic rings. The molecule has 1 N–H and O–H groups in total. The molecule has 2 aromatic rings. The van der Waals surface area contributed by atoms with Gasteiger partial charge in [0.25, 0.3) is 0 Å². The topological polar surface area (TPSA) is 69.3 Å². The van der Waals surface area contributed by atoms with Gasteiger partial charge in [-0.3, -0.25) is 4.79 Å². The van der Waals surface area contributed by atoms with E-state index in [1.165, 1.54) is 11.1 Å². The predicted octanol–water partition coefficient (Wildman–Crippen LogP) is 5.31. The number of methoxy groups -OCH3 is 2. The number of rotatable bonds is 12. The number of nitrogens with zero attached hydrogens (tertiary/aromatic N) is 1. The lowest BCUT2D eigenvalue weighted by Crippen LogP contribution is -2.36. The molecule has 0 unspecified atom stereocenters. The van der Waals surface area contributed by atoms with Crippen molar-refractivity contribution in [2.24, 2.45) is 5.92 Å². The summed E-state index contributed by atoms with van der Waals surface area (Å²) in [6.45, 7) is 7.58. The van der Waals surface area contributed by atoms with E-state index in [1.807, 2.05) is 12.1 Å². The van der Waals surface area contributed by atoms with Crippen LogP contribution in [-0.2, 0) is 20.9 Å². The van der Waals surface area contributed by atoms with Crippen molar-refractivity contribution in [3.63, 3.8) is 0 Å². The number of carbonyl (C=O) groups is 1. The van der Waals surface area contributed by atoms with E-state index in [0.29, 0.717) is 25.0 Å². The van der Waals surface area contributed by atoms with Gasteiger partial charge in [-0.2, -0.15) is 0 Å². The van der Waals surface area contributed by atoms with Gasteiger partial charge in [0.1, 0.15) is 18.1 Å². The zero-order valence-electron chi connectivity index (χ0n) is 23.4. The number of carbonyl (C=O) groups excluding carboxylic acids is 1. The average molecular weight is 525 g/mol. The minimum absolute atomic E-state index is 0.0361. The maximum Gasteiger partial charge on any atom is 0.217 e. The van der Waals surface area contributed by atoms with Crippen molar-refractivity contribution in [3.05, 3.63) is 53.6 Å². The molecule has 38 heavy (non-hydrogen) atoms. The van der Waals surface area contributed by atoms with Crippen LogP contribution in [0.5, 0.6) is 11.5 Å². The maximum atomic E-state index is 11.5. The van der Waals surface area contributed by atoms with Gasteiger partial charge >= 0.3 is 0 Å². The normalized spacial score (nSPS) is 21.8. The highest BCUT2D eigenvalue weighted by atomic mass is 16.5. The number of fused-ring (bicyclic) bond motifs is 1. The summed E-state index contributed by atoms with van der Waals surface area (Å²) in [4.78, 5) is 13.9. The average Bonchev–Trinajstić information content (AvgIpc) is 2.92. The quantitative estimate of drug-likeness (QED) is 0.379. The van der Waals surface area contributed by atoms with Crippen LogP contribution in [-0.4, -0.2) is 58.6 Å². The fraction of sp³-hybridized carbons (Fsp3) is 0.581. The van der Waals surface area contributed by atoms with Crippen LogP contribution in [0.15, 0.2) is 42.5 Å².